The molecule has 0 aliphatic rings. The molecule has 0 aromatic heterocycles. The van der Waals surface area contributed by atoms with Gasteiger partial charge in [0.2, 0.25) is 0 Å². The van der Waals surface area contributed by atoms with Crippen molar-refractivity contribution in [2.45, 2.75) is 26.4 Å². The molecule has 122 valence electrons. The third kappa shape index (κ3) is 4.89. The first-order valence-electron chi connectivity index (χ1n) is 7.59. The number of ether oxygens (including phenoxy) is 2. The number of hydrogen-bond acceptors (Lipinski definition) is 3. The Labute approximate surface area is 141 Å². The third-order valence-corrected chi connectivity index (χ3v) is 3.42. The van der Waals surface area contributed by atoms with Crippen LogP contribution < -0.4 is 14.8 Å². The first-order chi connectivity index (χ1) is 11.1. The van der Waals surface area contributed by atoms with Gasteiger partial charge in [-0.25, -0.2) is 0 Å². The summed E-state index contributed by atoms with van der Waals surface area (Å²) in [5, 5.41) is 3.43. The zero-order chi connectivity index (χ0) is 16.7. The first kappa shape index (κ1) is 17.2. The monoisotopic (exact) mass is 333 g/mol. The molecular weight excluding hydrogens is 314 g/mol. The van der Waals surface area contributed by atoms with Crippen molar-refractivity contribution >= 4 is 23.2 Å². The molecule has 0 saturated carbocycles. The normalized spacial score (nSPS) is 11.6. The summed E-state index contributed by atoms with van der Waals surface area (Å²) < 4.78 is 11.3. The number of carbonyl (C=O) groups is 1. The van der Waals surface area contributed by atoms with Gasteiger partial charge >= 0.3 is 0 Å². The number of amides is 1. The second-order valence-corrected chi connectivity index (χ2v) is 5.33. The fourth-order valence-corrected chi connectivity index (χ4v) is 2.27. The van der Waals surface area contributed by atoms with Crippen LogP contribution in [0, 0.1) is 0 Å². The SMILES string of the molecule is CCOc1ccccc1NC(=O)[C@H](CC)Oc1cccc(Cl)c1. The molecule has 0 aliphatic heterocycles. The van der Waals surface area contributed by atoms with E-state index in [0.717, 1.165) is 0 Å². The smallest absolute Gasteiger partial charge is 0.265 e. The Morgan fingerprint density at radius 3 is 2.65 bits per heavy atom. The molecule has 0 heterocycles. The lowest BCUT2D eigenvalue weighted by Crippen LogP contribution is -2.32. The summed E-state index contributed by atoms with van der Waals surface area (Å²) in [6.07, 6.45) is -0.0713. The minimum absolute atomic E-state index is 0.223. The maximum absolute atomic E-state index is 12.5. The molecule has 1 N–H and O–H groups in total. The summed E-state index contributed by atoms with van der Waals surface area (Å²) in [5.41, 5.74) is 0.632. The van der Waals surface area contributed by atoms with Crippen molar-refractivity contribution in [2.24, 2.45) is 0 Å². The average molecular weight is 334 g/mol. The van der Waals surface area contributed by atoms with Gasteiger partial charge in [-0.15, -0.1) is 0 Å². The standard InChI is InChI=1S/C18H20ClNO3/c1-3-16(23-14-9-7-8-13(19)12-14)18(21)20-15-10-5-6-11-17(15)22-4-2/h5-12,16H,3-4H2,1-2H3,(H,20,21)/t16-/m0/s1. The van der Waals surface area contributed by atoms with E-state index in [4.69, 9.17) is 21.1 Å². The van der Waals surface area contributed by atoms with Gasteiger partial charge in [0.1, 0.15) is 11.5 Å². The summed E-state index contributed by atoms with van der Waals surface area (Å²) in [5.74, 6) is 0.984. The molecular formula is C18H20ClNO3. The Hall–Kier alpha value is -2.20. The van der Waals surface area contributed by atoms with E-state index in [1.165, 1.54) is 0 Å². The lowest BCUT2D eigenvalue weighted by atomic mass is 10.2. The lowest BCUT2D eigenvalue weighted by molar-refractivity contribution is -0.122. The highest BCUT2D eigenvalue weighted by molar-refractivity contribution is 6.30. The Kier molecular flexibility index (Phi) is 6.29. The summed E-state index contributed by atoms with van der Waals surface area (Å²) in [6, 6.07) is 14.3. The van der Waals surface area contributed by atoms with E-state index in [-0.39, 0.29) is 5.91 Å². The minimum Gasteiger partial charge on any atom is -0.492 e. The van der Waals surface area contributed by atoms with Crippen molar-refractivity contribution in [3.63, 3.8) is 0 Å². The summed E-state index contributed by atoms with van der Waals surface area (Å²) in [4.78, 5) is 12.5. The molecule has 2 aromatic carbocycles. The number of nitrogens with one attached hydrogen (secondary N) is 1. The third-order valence-electron chi connectivity index (χ3n) is 3.18. The van der Waals surface area contributed by atoms with Gasteiger partial charge in [-0.2, -0.15) is 0 Å². The predicted octanol–water partition coefficient (Wildman–Crippen LogP) is 4.53. The van der Waals surface area contributed by atoms with E-state index in [0.29, 0.717) is 35.2 Å². The highest BCUT2D eigenvalue weighted by atomic mass is 35.5. The molecule has 4 nitrogen and oxygen atoms in total. The van der Waals surface area contributed by atoms with Gasteiger partial charge in [0.05, 0.1) is 12.3 Å². The Bertz CT molecular complexity index is 660. The van der Waals surface area contributed by atoms with E-state index < -0.39 is 6.10 Å². The number of hydrogen-bond donors (Lipinski definition) is 1. The van der Waals surface area contributed by atoms with Gasteiger partial charge < -0.3 is 14.8 Å². The quantitative estimate of drug-likeness (QED) is 0.809. The van der Waals surface area contributed by atoms with Gasteiger partial charge in [0.15, 0.2) is 6.10 Å². The summed E-state index contributed by atoms with van der Waals surface area (Å²) in [7, 11) is 0. The molecule has 2 aromatic rings. The van der Waals surface area contributed by atoms with Crippen LogP contribution in [0.3, 0.4) is 0 Å². The summed E-state index contributed by atoms with van der Waals surface area (Å²) >= 11 is 5.94. The first-order valence-corrected chi connectivity index (χ1v) is 7.96. The predicted molar refractivity (Wildman–Crippen MR) is 92.4 cm³/mol. The van der Waals surface area contributed by atoms with Gasteiger partial charge in [-0.05, 0) is 43.7 Å². The molecule has 1 atom stereocenters. The van der Waals surface area contributed by atoms with Crippen LogP contribution in [0.5, 0.6) is 11.5 Å². The van der Waals surface area contributed by atoms with Crippen molar-refractivity contribution in [3.05, 3.63) is 53.6 Å². The Morgan fingerprint density at radius 2 is 1.96 bits per heavy atom. The van der Waals surface area contributed by atoms with Gasteiger partial charge in [0, 0.05) is 5.02 Å². The van der Waals surface area contributed by atoms with E-state index in [1.807, 2.05) is 32.0 Å². The molecule has 0 fully saturated rings. The van der Waals surface area contributed by atoms with Crippen LogP contribution in [0.1, 0.15) is 20.3 Å². The molecule has 2 rings (SSSR count). The zero-order valence-corrected chi connectivity index (χ0v) is 14.0. The fourth-order valence-electron chi connectivity index (χ4n) is 2.09. The Morgan fingerprint density at radius 1 is 1.17 bits per heavy atom. The number of anilines is 1. The molecule has 0 spiro atoms. The van der Waals surface area contributed by atoms with Gasteiger partial charge in [-0.1, -0.05) is 36.7 Å². The molecule has 1 amide bonds. The van der Waals surface area contributed by atoms with Crippen LogP contribution in [-0.4, -0.2) is 18.6 Å². The second-order valence-electron chi connectivity index (χ2n) is 4.89. The van der Waals surface area contributed by atoms with E-state index in [1.54, 1.807) is 30.3 Å². The minimum atomic E-state index is -0.608. The van der Waals surface area contributed by atoms with Crippen LogP contribution in [0.15, 0.2) is 48.5 Å². The van der Waals surface area contributed by atoms with Crippen molar-refractivity contribution in [1.29, 1.82) is 0 Å². The number of halogens is 1. The van der Waals surface area contributed by atoms with E-state index in [9.17, 15) is 4.79 Å². The average Bonchev–Trinajstić information content (AvgIpc) is 2.54. The Balaban J connectivity index is 2.08. The second kappa shape index (κ2) is 8.44. The van der Waals surface area contributed by atoms with E-state index >= 15 is 0 Å². The number of carbonyl (C=O) groups excluding carboxylic acids is 1. The molecule has 0 bridgehead atoms. The number of rotatable bonds is 7. The number of para-hydroxylation sites is 2. The molecule has 5 heteroatoms. The molecule has 0 saturated heterocycles. The maximum atomic E-state index is 12.5. The van der Waals surface area contributed by atoms with Gasteiger partial charge in [0.25, 0.3) is 5.91 Å². The molecule has 0 aliphatic carbocycles. The fraction of sp³-hybridized carbons (Fsp3) is 0.278. The van der Waals surface area contributed by atoms with Crippen LogP contribution in [0.4, 0.5) is 5.69 Å². The summed E-state index contributed by atoms with van der Waals surface area (Å²) in [6.45, 7) is 4.32. The van der Waals surface area contributed by atoms with Crippen LogP contribution in [0.25, 0.3) is 0 Å². The molecule has 23 heavy (non-hydrogen) atoms. The zero-order valence-electron chi connectivity index (χ0n) is 13.2. The van der Waals surface area contributed by atoms with Crippen molar-refractivity contribution < 1.29 is 14.3 Å². The molecule has 0 unspecified atom stereocenters. The van der Waals surface area contributed by atoms with Crippen molar-refractivity contribution in [3.8, 4) is 11.5 Å². The molecule has 0 radical (unpaired) electrons. The highest BCUT2D eigenvalue weighted by Crippen LogP contribution is 2.25. The van der Waals surface area contributed by atoms with Gasteiger partial charge in [-0.3, -0.25) is 4.79 Å². The topological polar surface area (TPSA) is 47.6 Å². The van der Waals surface area contributed by atoms with Crippen LogP contribution in [0.2, 0.25) is 5.02 Å². The lowest BCUT2D eigenvalue weighted by Gasteiger charge is -2.18. The maximum Gasteiger partial charge on any atom is 0.265 e. The largest absolute Gasteiger partial charge is 0.492 e. The van der Waals surface area contributed by atoms with Crippen LogP contribution in [-0.2, 0) is 4.79 Å². The van der Waals surface area contributed by atoms with Crippen molar-refractivity contribution in [2.75, 3.05) is 11.9 Å². The van der Waals surface area contributed by atoms with Crippen LogP contribution >= 0.6 is 11.6 Å². The van der Waals surface area contributed by atoms with Crippen molar-refractivity contribution in [1.82, 2.24) is 0 Å². The number of benzene rings is 2. The van der Waals surface area contributed by atoms with E-state index in [2.05, 4.69) is 5.32 Å². The highest BCUT2D eigenvalue weighted by Gasteiger charge is 2.20.